The summed E-state index contributed by atoms with van der Waals surface area (Å²) < 4.78 is 0. The van der Waals surface area contributed by atoms with Gasteiger partial charge >= 0.3 is 0 Å². The minimum Gasteiger partial charge on any atom is -0.352 e. The molecule has 0 aliphatic heterocycles. The van der Waals surface area contributed by atoms with Gasteiger partial charge in [-0.3, -0.25) is 0 Å². The molecule has 0 aliphatic rings. The predicted molar refractivity (Wildman–Crippen MR) is 99.7 cm³/mol. The van der Waals surface area contributed by atoms with E-state index in [1.54, 1.807) is 6.20 Å². The van der Waals surface area contributed by atoms with Gasteiger partial charge in [0.25, 0.3) is 0 Å². The van der Waals surface area contributed by atoms with Crippen LogP contribution in [0.5, 0.6) is 0 Å². The number of para-hydroxylation sites is 1. The molecule has 1 heterocycles. The van der Waals surface area contributed by atoms with Crippen LogP contribution in [0.1, 0.15) is 18.1 Å². The number of hydrogen-bond acceptors (Lipinski definition) is 4. The molecule has 3 rings (SSSR count). The summed E-state index contributed by atoms with van der Waals surface area (Å²) in [6, 6.07) is 20.5. The highest BCUT2D eigenvalue weighted by molar-refractivity contribution is 5.59. The maximum Gasteiger partial charge on any atom is 0.229 e. The highest BCUT2D eigenvalue weighted by atomic mass is 15.2. The number of hydrogen-bond donors (Lipinski definition) is 1. The fraction of sp³-hybridized carbons (Fsp3) is 0.200. The van der Waals surface area contributed by atoms with Crippen LogP contribution < -0.4 is 10.2 Å². The molecule has 122 valence electrons. The normalized spacial score (nSPS) is 10.4. The van der Waals surface area contributed by atoms with Gasteiger partial charge in [0.1, 0.15) is 5.82 Å². The first kappa shape index (κ1) is 16.0. The van der Waals surface area contributed by atoms with Crippen molar-refractivity contribution in [3.63, 3.8) is 0 Å². The van der Waals surface area contributed by atoms with Crippen LogP contribution in [0.25, 0.3) is 0 Å². The first-order valence-electron chi connectivity index (χ1n) is 8.21. The Balaban J connectivity index is 1.79. The van der Waals surface area contributed by atoms with Gasteiger partial charge in [0, 0.05) is 25.0 Å². The Morgan fingerprint density at radius 3 is 2.46 bits per heavy atom. The highest BCUT2D eigenvalue weighted by Gasteiger charge is 2.09. The molecule has 0 atom stereocenters. The van der Waals surface area contributed by atoms with E-state index in [9.17, 15) is 0 Å². The molecule has 0 saturated heterocycles. The Hall–Kier alpha value is -2.88. The van der Waals surface area contributed by atoms with Gasteiger partial charge in [0.15, 0.2) is 0 Å². The van der Waals surface area contributed by atoms with Crippen LogP contribution in [0.2, 0.25) is 0 Å². The summed E-state index contributed by atoms with van der Waals surface area (Å²) in [6.07, 6.45) is 1.80. The topological polar surface area (TPSA) is 41.1 Å². The van der Waals surface area contributed by atoms with Gasteiger partial charge in [-0.25, -0.2) is 4.98 Å². The van der Waals surface area contributed by atoms with Crippen LogP contribution in [0, 0.1) is 6.92 Å². The zero-order valence-electron chi connectivity index (χ0n) is 14.1. The molecule has 0 radical (unpaired) electrons. The number of benzene rings is 2. The van der Waals surface area contributed by atoms with Gasteiger partial charge in [-0.05, 0) is 37.1 Å². The van der Waals surface area contributed by atoms with Crippen molar-refractivity contribution in [3.05, 3.63) is 78.0 Å². The number of aromatic nitrogens is 2. The lowest BCUT2D eigenvalue weighted by Gasteiger charge is -2.22. The zero-order valence-corrected chi connectivity index (χ0v) is 14.1. The monoisotopic (exact) mass is 318 g/mol. The molecule has 0 unspecified atom stereocenters. The van der Waals surface area contributed by atoms with Crippen molar-refractivity contribution in [3.8, 4) is 0 Å². The number of anilines is 3. The minimum atomic E-state index is 0.619. The van der Waals surface area contributed by atoms with Crippen LogP contribution in [-0.4, -0.2) is 16.5 Å². The maximum atomic E-state index is 4.68. The van der Waals surface area contributed by atoms with Gasteiger partial charge in [-0.15, -0.1) is 0 Å². The summed E-state index contributed by atoms with van der Waals surface area (Å²) >= 11 is 0. The molecule has 1 N–H and O–H groups in total. The summed E-state index contributed by atoms with van der Waals surface area (Å²) in [7, 11) is 0. The van der Waals surface area contributed by atoms with Gasteiger partial charge in [-0.2, -0.15) is 4.98 Å². The van der Waals surface area contributed by atoms with E-state index in [0.29, 0.717) is 5.95 Å². The maximum absolute atomic E-state index is 4.68. The highest BCUT2D eigenvalue weighted by Crippen LogP contribution is 2.20. The van der Waals surface area contributed by atoms with Crippen LogP contribution in [0.4, 0.5) is 17.5 Å². The molecule has 2 aromatic carbocycles. The standard InChI is InChI=1S/C20H22N4/c1-3-24(15-17-10-5-4-6-11-17)19-13-14-21-20(23-19)22-18-12-8-7-9-16(18)2/h4-14H,3,15H2,1-2H3,(H,21,22,23). The second-order valence-corrected chi connectivity index (χ2v) is 5.68. The van der Waals surface area contributed by atoms with Gasteiger partial charge in [-0.1, -0.05) is 48.5 Å². The number of rotatable bonds is 6. The van der Waals surface area contributed by atoms with E-state index in [1.165, 1.54) is 11.1 Å². The van der Waals surface area contributed by atoms with E-state index in [2.05, 4.69) is 64.4 Å². The molecule has 0 fully saturated rings. The summed E-state index contributed by atoms with van der Waals surface area (Å²) in [6.45, 7) is 5.92. The van der Waals surface area contributed by atoms with E-state index in [-0.39, 0.29) is 0 Å². The SMILES string of the molecule is CCN(Cc1ccccc1)c1ccnc(Nc2ccccc2C)n1. The lowest BCUT2D eigenvalue weighted by molar-refractivity contribution is 0.811. The summed E-state index contributed by atoms with van der Waals surface area (Å²) in [5, 5.41) is 3.31. The van der Waals surface area contributed by atoms with E-state index in [0.717, 1.165) is 24.6 Å². The average molecular weight is 318 g/mol. The van der Waals surface area contributed by atoms with Crippen molar-refractivity contribution in [1.82, 2.24) is 9.97 Å². The van der Waals surface area contributed by atoms with Crippen molar-refractivity contribution in [2.75, 3.05) is 16.8 Å². The Morgan fingerprint density at radius 2 is 1.71 bits per heavy atom. The fourth-order valence-electron chi connectivity index (χ4n) is 2.58. The molecule has 0 saturated carbocycles. The van der Waals surface area contributed by atoms with Crippen molar-refractivity contribution in [1.29, 1.82) is 0 Å². The summed E-state index contributed by atoms with van der Waals surface area (Å²) in [5.41, 5.74) is 3.47. The lowest BCUT2D eigenvalue weighted by Crippen LogP contribution is -2.23. The van der Waals surface area contributed by atoms with Gasteiger partial charge in [0.2, 0.25) is 5.95 Å². The Morgan fingerprint density at radius 1 is 0.958 bits per heavy atom. The third-order valence-corrected chi connectivity index (χ3v) is 3.95. The number of nitrogens with one attached hydrogen (secondary N) is 1. The molecule has 0 aliphatic carbocycles. The van der Waals surface area contributed by atoms with Crippen LogP contribution >= 0.6 is 0 Å². The summed E-state index contributed by atoms with van der Waals surface area (Å²) in [5.74, 6) is 1.54. The largest absolute Gasteiger partial charge is 0.352 e. The summed E-state index contributed by atoms with van der Waals surface area (Å²) in [4.78, 5) is 11.3. The Kier molecular flexibility index (Phi) is 5.06. The van der Waals surface area contributed by atoms with Crippen molar-refractivity contribution < 1.29 is 0 Å². The molecule has 0 spiro atoms. The quantitative estimate of drug-likeness (QED) is 0.723. The lowest BCUT2D eigenvalue weighted by atomic mass is 10.2. The van der Waals surface area contributed by atoms with E-state index in [1.807, 2.05) is 30.3 Å². The van der Waals surface area contributed by atoms with Crippen LogP contribution in [0.15, 0.2) is 66.9 Å². The Labute approximate surface area is 143 Å². The number of aryl methyl sites for hydroxylation is 1. The third-order valence-electron chi connectivity index (χ3n) is 3.95. The second kappa shape index (κ2) is 7.59. The second-order valence-electron chi connectivity index (χ2n) is 5.68. The van der Waals surface area contributed by atoms with E-state index in [4.69, 9.17) is 0 Å². The smallest absolute Gasteiger partial charge is 0.229 e. The third kappa shape index (κ3) is 3.90. The average Bonchev–Trinajstić information content (AvgIpc) is 2.63. The first-order chi connectivity index (χ1) is 11.8. The number of nitrogens with zero attached hydrogens (tertiary/aromatic N) is 3. The molecule has 4 heteroatoms. The molecule has 24 heavy (non-hydrogen) atoms. The Bertz CT molecular complexity index is 786. The molecule has 0 bridgehead atoms. The van der Waals surface area contributed by atoms with Gasteiger partial charge in [0.05, 0.1) is 0 Å². The van der Waals surface area contributed by atoms with Crippen LogP contribution in [-0.2, 0) is 6.54 Å². The molecule has 0 amide bonds. The van der Waals surface area contributed by atoms with E-state index >= 15 is 0 Å². The molecule has 3 aromatic rings. The fourth-order valence-corrected chi connectivity index (χ4v) is 2.58. The van der Waals surface area contributed by atoms with Crippen molar-refractivity contribution in [2.45, 2.75) is 20.4 Å². The first-order valence-corrected chi connectivity index (χ1v) is 8.21. The molecular formula is C20H22N4. The predicted octanol–water partition coefficient (Wildman–Crippen LogP) is 4.56. The van der Waals surface area contributed by atoms with Crippen LogP contribution in [0.3, 0.4) is 0 Å². The van der Waals surface area contributed by atoms with Crippen molar-refractivity contribution >= 4 is 17.5 Å². The van der Waals surface area contributed by atoms with E-state index < -0.39 is 0 Å². The van der Waals surface area contributed by atoms with Crippen molar-refractivity contribution in [2.24, 2.45) is 0 Å². The molecule has 4 nitrogen and oxygen atoms in total. The minimum absolute atomic E-state index is 0.619. The molecular weight excluding hydrogens is 296 g/mol. The molecule has 1 aromatic heterocycles. The zero-order chi connectivity index (χ0) is 16.8. The van der Waals surface area contributed by atoms with Gasteiger partial charge < -0.3 is 10.2 Å².